The first-order valence-electron chi connectivity index (χ1n) is 7.17. The van der Waals surface area contributed by atoms with Gasteiger partial charge >= 0.3 is 0 Å². The van der Waals surface area contributed by atoms with Crippen molar-refractivity contribution >= 4 is 17.1 Å². The minimum atomic E-state index is 0.691. The molecule has 0 radical (unpaired) electrons. The van der Waals surface area contributed by atoms with E-state index in [0.717, 1.165) is 12.0 Å². The van der Waals surface area contributed by atoms with Gasteiger partial charge < -0.3 is 16.4 Å². The molecule has 2 fully saturated rings. The van der Waals surface area contributed by atoms with E-state index in [2.05, 4.69) is 11.0 Å². The van der Waals surface area contributed by atoms with Crippen molar-refractivity contribution in [1.82, 2.24) is 0 Å². The van der Waals surface area contributed by atoms with Crippen LogP contribution in [0.15, 0.2) is 18.2 Å². The van der Waals surface area contributed by atoms with Gasteiger partial charge in [-0.05, 0) is 49.8 Å². The highest BCUT2D eigenvalue weighted by Gasteiger charge is 2.33. The predicted octanol–water partition coefficient (Wildman–Crippen LogP) is 3.01. The molecule has 0 spiro atoms. The molecule has 0 aromatic heterocycles. The number of rotatable bonds is 1. The third-order valence-corrected chi connectivity index (χ3v) is 4.65. The standard InChI is InChI=1S/C15H23N3/c16-13-8-7-12(10-14(13)17)18-9-3-5-11-4-1-2-6-15(11)18/h7-8,10-11,15H,1-6,9,16-17H2. The molecule has 1 saturated heterocycles. The molecule has 18 heavy (non-hydrogen) atoms. The fourth-order valence-corrected chi connectivity index (χ4v) is 3.69. The van der Waals surface area contributed by atoms with Crippen LogP contribution in [0.1, 0.15) is 38.5 Å². The van der Waals surface area contributed by atoms with E-state index in [-0.39, 0.29) is 0 Å². The lowest BCUT2D eigenvalue weighted by Crippen LogP contribution is -2.46. The summed E-state index contributed by atoms with van der Waals surface area (Å²) in [5.41, 5.74) is 14.4. The molecule has 0 bridgehead atoms. The highest BCUT2D eigenvalue weighted by molar-refractivity contribution is 5.70. The molecular weight excluding hydrogens is 222 g/mol. The number of benzene rings is 1. The number of piperidine rings is 1. The molecule has 3 heteroatoms. The minimum Gasteiger partial charge on any atom is -0.397 e. The van der Waals surface area contributed by atoms with E-state index in [9.17, 15) is 0 Å². The van der Waals surface area contributed by atoms with Crippen molar-refractivity contribution in [3.05, 3.63) is 18.2 Å². The van der Waals surface area contributed by atoms with Crippen LogP contribution in [0.25, 0.3) is 0 Å². The predicted molar refractivity (Wildman–Crippen MR) is 77.6 cm³/mol. The maximum Gasteiger partial charge on any atom is 0.0568 e. The van der Waals surface area contributed by atoms with Crippen molar-refractivity contribution in [2.24, 2.45) is 5.92 Å². The van der Waals surface area contributed by atoms with Crippen LogP contribution in [0.3, 0.4) is 0 Å². The average molecular weight is 245 g/mol. The first kappa shape index (κ1) is 11.7. The maximum absolute atomic E-state index is 5.94. The Morgan fingerprint density at radius 3 is 2.56 bits per heavy atom. The zero-order chi connectivity index (χ0) is 12.5. The molecule has 0 amide bonds. The van der Waals surface area contributed by atoms with E-state index < -0.39 is 0 Å². The number of hydrogen-bond acceptors (Lipinski definition) is 3. The lowest BCUT2D eigenvalue weighted by atomic mass is 9.78. The molecule has 1 aliphatic carbocycles. The number of hydrogen-bond donors (Lipinski definition) is 2. The second kappa shape index (κ2) is 4.71. The largest absolute Gasteiger partial charge is 0.397 e. The molecule has 1 aromatic carbocycles. The molecule has 2 unspecified atom stereocenters. The van der Waals surface area contributed by atoms with Gasteiger partial charge in [0.1, 0.15) is 0 Å². The Hall–Kier alpha value is -1.38. The van der Waals surface area contributed by atoms with E-state index in [1.807, 2.05) is 12.1 Å². The van der Waals surface area contributed by atoms with Gasteiger partial charge in [0, 0.05) is 18.3 Å². The molecule has 98 valence electrons. The van der Waals surface area contributed by atoms with Gasteiger partial charge in [0.15, 0.2) is 0 Å². The molecule has 2 atom stereocenters. The quantitative estimate of drug-likeness (QED) is 0.748. The van der Waals surface area contributed by atoms with E-state index >= 15 is 0 Å². The molecule has 1 aliphatic heterocycles. The summed E-state index contributed by atoms with van der Waals surface area (Å²) in [5.74, 6) is 0.895. The molecular formula is C15H23N3. The molecule has 4 N–H and O–H groups in total. The van der Waals surface area contributed by atoms with Crippen molar-refractivity contribution in [2.75, 3.05) is 22.9 Å². The average Bonchev–Trinajstić information content (AvgIpc) is 2.41. The van der Waals surface area contributed by atoms with Crippen LogP contribution >= 0.6 is 0 Å². The van der Waals surface area contributed by atoms with Gasteiger partial charge in [-0.15, -0.1) is 0 Å². The summed E-state index contributed by atoms with van der Waals surface area (Å²) in [7, 11) is 0. The van der Waals surface area contributed by atoms with Crippen LogP contribution in [-0.4, -0.2) is 12.6 Å². The Morgan fingerprint density at radius 2 is 1.72 bits per heavy atom. The van der Waals surface area contributed by atoms with E-state index in [0.29, 0.717) is 11.4 Å². The monoisotopic (exact) mass is 245 g/mol. The molecule has 1 saturated carbocycles. The Bertz CT molecular complexity index is 428. The van der Waals surface area contributed by atoms with E-state index in [4.69, 9.17) is 11.5 Å². The van der Waals surface area contributed by atoms with Gasteiger partial charge in [0.05, 0.1) is 11.4 Å². The Labute approximate surface area is 109 Å². The summed E-state index contributed by atoms with van der Waals surface area (Å²) in [6.45, 7) is 1.17. The van der Waals surface area contributed by atoms with Crippen molar-refractivity contribution in [1.29, 1.82) is 0 Å². The highest BCUT2D eigenvalue weighted by atomic mass is 15.2. The second-order valence-corrected chi connectivity index (χ2v) is 5.76. The summed E-state index contributed by atoms with van der Waals surface area (Å²) < 4.78 is 0. The molecule has 3 rings (SSSR count). The molecule has 3 nitrogen and oxygen atoms in total. The van der Waals surface area contributed by atoms with Crippen LogP contribution in [0, 0.1) is 5.92 Å². The fourth-order valence-electron chi connectivity index (χ4n) is 3.69. The molecule has 1 aromatic rings. The number of nitrogens with two attached hydrogens (primary N) is 2. The summed E-state index contributed by atoms with van der Waals surface area (Å²) in [4.78, 5) is 2.57. The number of anilines is 3. The highest BCUT2D eigenvalue weighted by Crippen LogP contribution is 2.38. The third-order valence-electron chi connectivity index (χ3n) is 4.65. The zero-order valence-corrected chi connectivity index (χ0v) is 10.9. The second-order valence-electron chi connectivity index (χ2n) is 5.76. The number of nitrogen functional groups attached to an aromatic ring is 2. The lowest BCUT2D eigenvalue weighted by molar-refractivity contribution is 0.244. The third kappa shape index (κ3) is 2.02. The van der Waals surface area contributed by atoms with Gasteiger partial charge in [-0.25, -0.2) is 0 Å². The lowest BCUT2D eigenvalue weighted by Gasteiger charge is -2.45. The smallest absolute Gasteiger partial charge is 0.0568 e. The summed E-state index contributed by atoms with van der Waals surface area (Å²) in [5, 5.41) is 0. The van der Waals surface area contributed by atoms with Gasteiger partial charge in [-0.1, -0.05) is 12.8 Å². The first-order valence-corrected chi connectivity index (χ1v) is 7.17. The molecule has 2 aliphatic rings. The zero-order valence-electron chi connectivity index (χ0n) is 10.9. The topological polar surface area (TPSA) is 55.3 Å². The Kier molecular flexibility index (Phi) is 3.06. The molecule has 1 heterocycles. The summed E-state index contributed by atoms with van der Waals surface area (Å²) in [6, 6.07) is 6.85. The van der Waals surface area contributed by atoms with Crippen molar-refractivity contribution in [2.45, 2.75) is 44.6 Å². The van der Waals surface area contributed by atoms with Crippen LogP contribution in [0.2, 0.25) is 0 Å². The van der Waals surface area contributed by atoms with Crippen molar-refractivity contribution in [3.63, 3.8) is 0 Å². The van der Waals surface area contributed by atoms with Gasteiger partial charge in [0.2, 0.25) is 0 Å². The normalized spacial score (nSPS) is 27.9. The summed E-state index contributed by atoms with van der Waals surface area (Å²) in [6.07, 6.45) is 8.26. The Morgan fingerprint density at radius 1 is 0.944 bits per heavy atom. The van der Waals surface area contributed by atoms with Crippen molar-refractivity contribution in [3.8, 4) is 0 Å². The van der Waals surface area contributed by atoms with Crippen molar-refractivity contribution < 1.29 is 0 Å². The SMILES string of the molecule is Nc1ccc(N2CCCC3CCCCC32)cc1N. The first-order chi connectivity index (χ1) is 8.75. The van der Waals surface area contributed by atoms with Gasteiger partial charge in [-0.2, -0.15) is 0 Å². The van der Waals surface area contributed by atoms with Gasteiger partial charge in [0.25, 0.3) is 0 Å². The summed E-state index contributed by atoms with van der Waals surface area (Å²) >= 11 is 0. The Balaban J connectivity index is 1.87. The van der Waals surface area contributed by atoms with E-state index in [1.54, 1.807) is 0 Å². The minimum absolute atomic E-state index is 0.691. The maximum atomic E-state index is 5.94. The van der Waals surface area contributed by atoms with E-state index in [1.165, 1.54) is 50.8 Å². The number of nitrogens with zero attached hydrogens (tertiary/aromatic N) is 1. The van der Waals surface area contributed by atoms with Crippen LogP contribution in [0.4, 0.5) is 17.1 Å². The fraction of sp³-hybridized carbons (Fsp3) is 0.600. The number of fused-ring (bicyclic) bond motifs is 1. The van der Waals surface area contributed by atoms with Crippen LogP contribution in [0.5, 0.6) is 0 Å². The van der Waals surface area contributed by atoms with Crippen LogP contribution in [-0.2, 0) is 0 Å². The van der Waals surface area contributed by atoms with Crippen LogP contribution < -0.4 is 16.4 Å². The van der Waals surface area contributed by atoms with Gasteiger partial charge in [-0.3, -0.25) is 0 Å².